The van der Waals surface area contributed by atoms with Crippen LogP contribution < -0.4 is 0 Å². The molecule has 5 heteroatoms. The summed E-state index contributed by atoms with van der Waals surface area (Å²) in [5, 5.41) is 9.00. The van der Waals surface area contributed by atoms with Crippen LogP contribution in [-0.4, -0.2) is 60.3 Å². The molecule has 0 aliphatic carbocycles. The average molecular weight is 306 g/mol. The summed E-state index contributed by atoms with van der Waals surface area (Å²) in [5.74, 6) is 0. The Morgan fingerprint density at radius 3 is 2.86 bits per heavy atom. The van der Waals surface area contributed by atoms with E-state index in [2.05, 4.69) is 4.90 Å². The number of hydrogen-bond acceptors (Lipinski definition) is 4. The van der Waals surface area contributed by atoms with E-state index in [-0.39, 0.29) is 18.7 Å². The second-order valence-corrected chi connectivity index (χ2v) is 5.87. The van der Waals surface area contributed by atoms with E-state index in [0.29, 0.717) is 13.2 Å². The van der Waals surface area contributed by atoms with Gasteiger partial charge in [-0.1, -0.05) is 30.3 Å². The van der Waals surface area contributed by atoms with Crippen molar-refractivity contribution in [2.75, 3.05) is 33.3 Å². The number of piperidine rings is 1. The molecule has 0 spiro atoms. The standard InChI is InChI=1S/C17H26N2O3/c1-18(11-12-20)13-16-9-5-6-10-19(16)17(21)22-14-15-7-3-2-4-8-15/h2-4,7-8,16,20H,5-6,9-14H2,1H3/t16-/m0/s1. The molecule has 1 aliphatic heterocycles. The Hall–Kier alpha value is -1.59. The molecule has 1 N–H and O–H groups in total. The molecule has 5 nitrogen and oxygen atoms in total. The van der Waals surface area contributed by atoms with E-state index in [9.17, 15) is 4.79 Å². The van der Waals surface area contributed by atoms with Crippen LogP contribution in [0.25, 0.3) is 0 Å². The van der Waals surface area contributed by atoms with E-state index >= 15 is 0 Å². The number of likely N-dealkylation sites (tertiary alicyclic amines) is 1. The van der Waals surface area contributed by atoms with Crippen LogP contribution in [0.2, 0.25) is 0 Å². The van der Waals surface area contributed by atoms with Gasteiger partial charge in [-0.3, -0.25) is 0 Å². The Morgan fingerprint density at radius 1 is 1.36 bits per heavy atom. The molecular weight excluding hydrogens is 280 g/mol. The lowest BCUT2D eigenvalue weighted by molar-refractivity contribution is 0.0575. The van der Waals surface area contributed by atoms with E-state index in [1.54, 1.807) is 0 Å². The third-order valence-electron chi connectivity index (χ3n) is 4.07. The zero-order valence-electron chi connectivity index (χ0n) is 13.3. The quantitative estimate of drug-likeness (QED) is 0.874. The summed E-state index contributed by atoms with van der Waals surface area (Å²) in [4.78, 5) is 16.3. The van der Waals surface area contributed by atoms with Crippen molar-refractivity contribution in [2.24, 2.45) is 0 Å². The van der Waals surface area contributed by atoms with Crippen LogP contribution >= 0.6 is 0 Å². The van der Waals surface area contributed by atoms with E-state index in [1.165, 1.54) is 0 Å². The molecule has 1 aromatic carbocycles. The minimum absolute atomic E-state index is 0.141. The van der Waals surface area contributed by atoms with Crippen molar-refractivity contribution in [3.05, 3.63) is 35.9 Å². The van der Waals surface area contributed by atoms with Crippen LogP contribution in [0.3, 0.4) is 0 Å². The zero-order chi connectivity index (χ0) is 15.8. The van der Waals surface area contributed by atoms with Crippen molar-refractivity contribution in [1.29, 1.82) is 0 Å². The third kappa shape index (κ3) is 5.00. The van der Waals surface area contributed by atoms with Crippen molar-refractivity contribution in [1.82, 2.24) is 9.80 Å². The van der Waals surface area contributed by atoms with Gasteiger partial charge in [0.2, 0.25) is 0 Å². The number of benzene rings is 1. The lowest BCUT2D eigenvalue weighted by Gasteiger charge is -2.37. The Labute approximate surface area is 132 Å². The van der Waals surface area contributed by atoms with Crippen LogP contribution in [0, 0.1) is 0 Å². The molecule has 1 saturated heterocycles. The summed E-state index contributed by atoms with van der Waals surface area (Å²) >= 11 is 0. The van der Waals surface area contributed by atoms with Gasteiger partial charge in [-0.15, -0.1) is 0 Å². The monoisotopic (exact) mass is 306 g/mol. The Morgan fingerprint density at radius 2 is 2.14 bits per heavy atom. The van der Waals surface area contributed by atoms with E-state index in [1.807, 2.05) is 42.3 Å². The highest BCUT2D eigenvalue weighted by Crippen LogP contribution is 2.19. The van der Waals surface area contributed by atoms with Crippen molar-refractivity contribution in [3.8, 4) is 0 Å². The molecule has 0 aromatic heterocycles. The summed E-state index contributed by atoms with van der Waals surface area (Å²) in [6.07, 6.45) is 2.93. The molecule has 0 radical (unpaired) electrons. The summed E-state index contributed by atoms with van der Waals surface area (Å²) in [6, 6.07) is 9.91. The molecular formula is C17H26N2O3. The molecule has 1 aliphatic rings. The first kappa shape index (κ1) is 16.8. The molecule has 1 amide bonds. The summed E-state index contributed by atoms with van der Waals surface area (Å²) in [5.41, 5.74) is 1.00. The number of aliphatic hydroxyl groups excluding tert-OH is 1. The van der Waals surface area contributed by atoms with Crippen molar-refractivity contribution in [2.45, 2.75) is 31.9 Å². The fraction of sp³-hybridized carbons (Fsp3) is 0.588. The van der Waals surface area contributed by atoms with Crippen molar-refractivity contribution < 1.29 is 14.6 Å². The zero-order valence-corrected chi connectivity index (χ0v) is 13.3. The van der Waals surface area contributed by atoms with Crippen LogP contribution in [0.15, 0.2) is 30.3 Å². The number of carbonyl (C=O) groups excluding carboxylic acids is 1. The van der Waals surface area contributed by atoms with Gasteiger partial charge < -0.3 is 19.6 Å². The second-order valence-electron chi connectivity index (χ2n) is 5.87. The first-order chi connectivity index (χ1) is 10.7. The lowest BCUT2D eigenvalue weighted by atomic mass is 10.0. The fourth-order valence-corrected chi connectivity index (χ4v) is 2.85. The molecule has 1 heterocycles. The largest absolute Gasteiger partial charge is 0.445 e. The SMILES string of the molecule is CN(CCO)C[C@@H]1CCCCN1C(=O)OCc1ccccc1. The van der Waals surface area contributed by atoms with Gasteiger partial charge in [0.05, 0.1) is 6.61 Å². The van der Waals surface area contributed by atoms with Crippen LogP contribution in [0.5, 0.6) is 0 Å². The van der Waals surface area contributed by atoms with Gasteiger partial charge in [-0.25, -0.2) is 4.79 Å². The molecule has 2 rings (SSSR count). The number of nitrogens with zero attached hydrogens (tertiary/aromatic N) is 2. The van der Waals surface area contributed by atoms with Crippen molar-refractivity contribution in [3.63, 3.8) is 0 Å². The van der Waals surface area contributed by atoms with Gasteiger partial charge in [0.1, 0.15) is 6.61 Å². The van der Waals surface area contributed by atoms with Gasteiger partial charge in [-0.2, -0.15) is 0 Å². The topological polar surface area (TPSA) is 53.0 Å². The third-order valence-corrected chi connectivity index (χ3v) is 4.07. The predicted octanol–water partition coefficient (Wildman–Crippen LogP) is 2.10. The fourth-order valence-electron chi connectivity index (χ4n) is 2.85. The number of ether oxygens (including phenoxy) is 1. The first-order valence-corrected chi connectivity index (χ1v) is 7.97. The van der Waals surface area contributed by atoms with Gasteiger partial charge in [0.25, 0.3) is 0 Å². The Bertz CT molecular complexity index is 452. The highest BCUT2D eigenvalue weighted by molar-refractivity contribution is 5.68. The predicted molar refractivity (Wildman–Crippen MR) is 85.6 cm³/mol. The number of hydrogen-bond donors (Lipinski definition) is 1. The number of rotatable bonds is 6. The molecule has 1 atom stereocenters. The first-order valence-electron chi connectivity index (χ1n) is 7.97. The van der Waals surface area contributed by atoms with E-state index in [0.717, 1.165) is 37.9 Å². The van der Waals surface area contributed by atoms with Crippen LogP contribution in [0.1, 0.15) is 24.8 Å². The second kappa shape index (κ2) is 8.76. The number of aliphatic hydroxyl groups is 1. The molecule has 0 unspecified atom stereocenters. The molecule has 122 valence electrons. The van der Waals surface area contributed by atoms with Crippen LogP contribution in [0.4, 0.5) is 4.79 Å². The van der Waals surface area contributed by atoms with Gasteiger partial charge in [0.15, 0.2) is 0 Å². The smallest absolute Gasteiger partial charge is 0.410 e. The van der Waals surface area contributed by atoms with E-state index in [4.69, 9.17) is 9.84 Å². The number of likely N-dealkylation sites (N-methyl/N-ethyl adjacent to an activating group) is 1. The maximum absolute atomic E-state index is 12.4. The molecule has 0 bridgehead atoms. The minimum Gasteiger partial charge on any atom is -0.445 e. The molecule has 22 heavy (non-hydrogen) atoms. The Kier molecular flexibility index (Phi) is 6.68. The van der Waals surface area contributed by atoms with Gasteiger partial charge in [-0.05, 0) is 31.9 Å². The molecule has 0 saturated carbocycles. The lowest BCUT2D eigenvalue weighted by Crippen LogP contribution is -2.49. The molecule has 1 aromatic rings. The van der Waals surface area contributed by atoms with Gasteiger partial charge >= 0.3 is 6.09 Å². The maximum Gasteiger partial charge on any atom is 0.410 e. The molecule has 1 fully saturated rings. The Balaban J connectivity index is 1.87. The van der Waals surface area contributed by atoms with Gasteiger partial charge in [0, 0.05) is 25.7 Å². The average Bonchev–Trinajstić information content (AvgIpc) is 2.54. The highest BCUT2D eigenvalue weighted by Gasteiger charge is 2.28. The van der Waals surface area contributed by atoms with E-state index < -0.39 is 0 Å². The number of amides is 1. The maximum atomic E-state index is 12.4. The summed E-state index contributed by atoms with van der Waals surface area (Å²) in [6.45, 7) is 2.62. The summed E-state index contributed by atoms with van der Waals surface area (Å²) < 4.78 is 5.46. The highest BCUT2D eigenvalue weighted by atomic mass is 16.6. The summed E-state index contributed by atoms with van der Waals surface area (Å²) in [7, 11) is 1.97. The minimum atomic E-state index is -0.231. The van der Waals surface area contributed by atoms with Crippen LogP contribution in [-0.2, 0) is 11.3 Å². The normalized spacial score (nSPS) is 18.5. The number of carbonyl (C=O) groups is 1. The van der Waals surface area contributed by atoms with Crippen molar-refractivity contribution >= 4 is 6.09 Å².